The van der Waals surface area contributed by atoms with Crippen molar-refractivity contribution < 1.29 is 14.3 Å². The highest BCUT2D eigenvalue weighted by molar-refractivity contribution is 7.99. The number of carbonyl (C=O) groups excluding carboxylic acids is 2. The summed E-state index contributed by atoms with van der Waals surface area (Å²) < 4.78 is 7.01. The van der Waals surface area contributed by atoms with E-state index in [0.29, 0.717) is 28.0 Å². The van der Waals surface area contributed by atoms with Crippen LogP contribution in [0.4, 0.5) is 11.4 Å². The highest BCUT2D eigenvalue weighted by Crippen LogP contribution is 2.50. The van der Waals surface area contributed by atoms with Crippen molar-refractivity contribution in [3.8, 4) is 22.7 Å². The zero-order chi connectivity index (χ0) is 29.3. The Labute approximate surface area is 248 Å². The molecule has 214 valence electrons. The minimum absolute atomic E-state index is 0.0572. The van der Waals surface area contributed by atoms with Gasteiger partial charge >= 0.3 is 0 Å². The summed E-state index contributed by atoms with van der Waals surface area (Å²) in [6.45, 7) is 1.44. The van der Waals surface area contributed by atoms with Gasteiger partial charge in [-0.05, 0) is 73.4 Å². The molecule has 1 saturated carbocycles. The number of thioether (sulfide) groups is 1. The van der Waals surface area contributed by atoms with Gasteiger partial charge in [-0.3, -0.25) is 19.0 Å². The number of nitrogens with zero attached hydrogens (tertiary/aromatic N) is 2. The molecule has 0 atom stereocenters. The highest BCUT2D eigenvalue weighted by atomic mass is 32.2. The molecule has 4 aromatic rings. The topological polar surface area (TPSA) is 102 Å². The first-order valence-corrected chi connectivity index (χ1v) is 15.1. The third kappa shape index (κ3) is 5.32. The van der Waals surface area contributed by atoms with Crippen molar-refractivity contribution in [2.75, 3.05) is 23.5 Å². The lowest BCUT2D eigenvalue weighted by Gasteiger charge is -2.36. The standard InChI is InChI=1S/C33H32N4O4S/c1-21(38)34-23-9-11-24(12-10-23)35-28(39)20-42-32-36-30-27-8-4-3-7-22(27)19-33(17-5-6-18-33)29(30)31(40)37(32)25-13-15-26(41-2)16-14-25/h3-4,7-16H,5-6,17-20H2,1-2H3,(H,34,38)(H,35,39). The number of benzene rings is 3. The molecule has 1 fully saturated rings. The van der Waals surface area contributed by atoms with Crippen LogP contribution >= 0.6 is 11.8 Å². The van der Waals surface area contributed by atoms with Crippen LogP contribution in [0.1, 0.15) is 43.7 Å². The molecular weight excluding hydrogens is 548 g/mol. The molecule has 2 amide bonds. The number of methoxy groups -OCH3 is 1. The lowest BCUT2D eigenvalue weighted by Crippen LogP contribution is -2.40. The summed E-state index contributed by atoms with van der Waals surface area (Å²) in [7, 11) is 1.61. The first-order valence-electron chi connectivity index (χ1n) is 14.1. The summed E-state index contributed by atoms with van der Waals surface area (Å²) >= 11 is 1.23. The number of anilines is 2. The van der Waals surface area contributed by atoms with Gasteiger partial charge in [0.2, 0.25) is 11.8 Å². The summed E-state index contributed by atoms with van der Waals surface area (Å²) in [6.07, 6.45) is 4.94. The van der Waals surface area contributed by atoms with Crippen molar-refractivity contribution in [1.82, 2.24) is 9.55 Å². The first kappa shape index (κ1) is 27.8. The minimum atomic E-state index is -0.230. The molecule has 1 aromatic heterocycles. The van der Waals surface area contributed by atoms with Crippen LogP contribution in [0.5, 0.6) is 5.75 Å². The van der Waals surface area contributed by atoms with Crippen LogP contribution in [-0.2, 0) is 21.4 Å². The first-order chi connectivity index (χ1) is 20.4. The van der Waals surface area contributed by atoms with E-state index in [1.54, 1.807) is 35.9 Å². The summed E-state index contributed by atoms with van der Waals surface area (Å²) in [6, 6.07) is 22.5. The molecule has 0 bridgehead atoms. The SMILES string of the molecule is COc1ccc(-n2c(SCC(=O)Nc3ccc(NC(C)=O)cc3)nc3c(c2=O)C2(CCCC2)Cc2ccccc2-3)cc1. The van der Waals surface area contributed by atoms with Gasteiger partial charge < -0.3 is 15.4 Å². The molecular formula is C33H32N4O4S. The maximum absolute atomic E-state index is 14.6. The van der Waals surface area contributed by atoms with Crippen molar-refractivity contribution in [2.45, 2.75) is 49.6 Å². The van der Waals surface area contributed by atoms with Gasteiger partial charge in [-0.2, -0.15) is 0 Å². The van der Waals surface area contributed by atoms with Crippen molar-refractivity contribution in [3.63, 3.8) is 0 Å². The normalized spacial score (nSPS) is 14.6. The third-order valence-electron chi connectivity index (χ3n) is 8.10. The van der Waals surface area contributed by atoms with Crippen LogP contribution in [0.3, 0.4) is 0 Å². The zero-order valence-electron chi connectivity index (χ0n) is 23.6. The molecule has 3 aromatic carbocycles. The van der Waals surface area contributed by atoms with Crippen LogP contribution in [0.15, 0.2) is 82.7 Å². The number of hydrogen-bond donors (Lipinski definition) is 2. The fourth-order valence-electron chi connectivity index (χ4n) is 6.23. The largest absolute Gasteiger partial charge is 0.497 e. The van der Waals surface area contributed by atoms with Crippen LogP contribution in [0.25, 0.3) is 16.9 Å². The van der Waals surface area contributed by atoms with Gasteiger partial charge in [0, 0.05) is 29.3 Å². The predicted octanol–water partition coefficient (Wildman–Crippen LogP) is 5.97. The Bertz CT molecular complexity index is 1710. The van der Waals surface area contributed by atoms with E-state index in [-0.39, 0.29) is 28.5 Å². The molecule has 2 aliphatic rings. The van der Waals surface area contributed by atoms with Crippen LogP contribution in [0, 0.1) is 0 Å². The lowest BCUT2D eigenvalue weighted by atomic mass is 9.68. The Morgan fingerprint density at radius 1 is 0.952 bits per heavy atom. The van der Waals surface area contributed by atoms with E-state index in [9.17, 15) is 14.4 Å². The van der Waals surface area contributed by atoms with Gasteiger partial charge in [0.05, 0.1) is 29.8 Å². The maximum Gasteiger partial charge on any atom is 0.263 e. The van der Waals surface area contributed by atoms with Crippen LogP contribution in [0.2, 0.25) is 0 Å². The third-order valence-corrected chi connectivity index (χ3v) is 9.04. The second kappa shape index (κ2) is 11.5. The number of amides is 2. The van der Waals surface area contributed by atoms with E-state index in [1.165, 1.54) is 24.2 Å². The molecule has 2 aliphatic carbocycles. The molecule has 2 N–H and O–H groups in total. The second-order valence-corrected chi connectivity index (χ2v) is 11.8. The molecule has 0 saturated heterocycles. The van der Waals surface area contributed by atoms with E-state index < -0.39 is 0 Å². The molecule has 8 nitrogen and oxygen atoms in total. The number of rotatable bonds is 7. The predicted molar refractivity (Wildman–Crippen MR) is 166 cm³/mol. The van der Waals surface area contributed by atoms with Gasteiger partial charge in [-0.15, -0.1) is 0 Å². The Morgan fingerprint density at radius 3 is 2.29 bits per heavy atom. The Morgan fingerprint density at radius 2 is 1.62 bits per heavy atom. The summed E-state index contributed by atoms with van der Waals surface area (Å²) in [4.78, 5) is 44.0. The minimum Gasteiger partial charge on any atom is -0.497 e. The number of nitrogens with one attached hydrogen (secondary N) is 2. The molecule has 0 unspecified atom stereocenters. The molecule has 6 rings (SSSR count). The fraction of sp³-hybridized carbons (Fsp3) is 0.273. The van der Waals surface area contributed by atoms with Gasteiger partial charge in [0.15, 0.2) is 5.16 Å². The molecule has 1 heterocycles. The average Bonchev–Trinajstić information content (AvgIpc) is 3.45. The Kier molecular flexibility index (Phi) is 7.60. The van der Waals surface area contributed by atoms with E-state index in [4.69, 9.17) is 9.72 Å². The van der Waals surface area contributed by atoms with Gasteiger partial charge in [0.1, 0.15) is 5.75 Å². The Balaban J connectivity index is 1.38. The smallest absolute Gasteiger partial charge is 0.263 e. The van der Waals surface area contributed by atoms with E-state index in [1.807, 2.05) is 42.5 Å². The number of carbonyl (C=O) groups is 2. The van der Waals surface area contributed by atoms with E-state index in [2.05, 4.69) is 16.7 Å². The van der Waals surface area contributed by atoms with Crippen molar-refractivity contribution in [2.24, 2.45) is 0 Å². The molecule has 42 heavy (non-hydrogen) atoms. The highest BCUT2D eigenvalue weighted by Gasteiger charge is 2.44. The van der Waals surface area contributed by atoms with Crippen molar-refractivity contribution in [1.29, 1.82) is 0 Å². The zero-order valence-corrected chi connectivity index (χ0v) is 24.4. The second-order valence-electron chi connectivity index (χ2n) is 10.9. The van der Waals surface area contributed by atoms with Crippen LogP contribution < -0.4 is 20.9 Å². The molecule has 1 spiro atoms. The monoisotopic (exact) mass is 580 g/mol. The van der Waals surface area contributed by atoms with Gasteiger partial charge in [0.25, 0.3) is 5.56 Å². The van der Waals surface area contributed by atoms with Crippen molar-refractivity contribution >= 4 is 35.0 Å². The average molecular weight is 581 g/mol. The molecule has 9 heteroatoms. The number of hydrogen-bond acceptors (Lipinski definition) is 6. The van der Waals surface area contributed by atoms with Crippen molar-refractivity contribution in [3.05, 3.63) is 94.3 Å². The van der Waals surface area contributed by atoms with E-state index >= 15 is 0 Å². The lowest BCUT2D eigenvalue weighted by molar-refractivity contribution is -0.114. The summed E-state index contributed by atoms with van der Waals surface area (Å²) in [5.41, 5.74) is 5.39. The fourth-order valence-corrected chi connectivity index (χ4v) is 7.04. The van der Waals surface area contributed by atoms with E-state index in [0.717, 1.165) is 48.9 Å². The quantitative estimate of drug-likeness (QED) is 0.206. The summed E-state index contributed by atoms with van der Waals surface area (Å²) in [5.74, 6) is 0.358. The molecule has 0 aliphatic heterocycles. The van der Waals surface area contributed by atoms with Gasteiger partial charge in [-0.1, -0.05) is 48.9 Å². The van der Waals surface area contributed by atoms with Crippen LogP contribution in [-0.4, -0.2) is 34.2 Å². The number of fused-ring (bicyclic) bond motifs is 4. The molecule has 0 radical (unpaired) electrons. The maximum atomic E-state index is 14.6. The number of aromatic nitrogens is 2. The number of ether oxygens (including phenoxy) is 1. The Hall–Kier alpha value is -4.37. The van der Waals surface area contributed by atoms with Gasteiger partial charge in [-0.25, -0.2) is 4.98 Å². The summed E-state index contributed by atoms with van der Waals surface area (Å²) in [5, 5.41) is 6.07.